The van der Waals surface area contributed by atoms with Crippen LogP contribution in [0.4, 0.5) is 0 Å². The molecule has 0 unspecified atom stereocenters. The summed E-state index contributed by atoms with van der Waals surface area (Å²) in [4.78, 5) is 191. The zero-order chi connectivity index (χ0) is 94.9. The minimum Gasteiger partial charge on any atom is -0.480 e. The van der Waals surface area contributed by atoms with Crippen molar-refractivity contribution in [1.82, 2.24) is 88.1 Å². The first-order chi connectivity index (χ1) is 65.6. The van der Waals surface area contributed by atoms with Crippen molar-refractivity contribution >= 4 is 141 Å². The molecule has 0 spiro atoms. The van der Waals surface area contributed by atoms with Crippen LogP contribution in [-0.2, 0) is 97.7 Å². The zero-order valence-corrected chi connectivity index (χ0v) is 75.1. The summed E-state index contributed by atoms with van der Waals surface area (Å²) in [7, 11) is 0. The lowest BCUT2D eigenvalue weighted by molar-refractivity contribution is -0.142. The van der Waals surface area contributed by atoms with Crippen LogP contribution in [-0.4, -0.2) is 198 Å². The molecule has 0 saturated heterocycles. The summed E-state index contributed by atoms with van der Waals surface area (Å²) >= 11 is 0. The largest absolute Gasteiger partial charge is 0.480 e. The molecule has 0 radical (unpaired) electrons. The Labute approximate surface area is 778 Å². The fourth-order valence-electron chi connectivity index (χ4n) is 17.8. The highest BCUT2D eigenvalue weighted by molar-refractivity contribution is 6.02. The number of rotatable bonds is 51. The molecule has 11 atom stereocenters. The van der Waals surface area contributed by atoms with E-state index in [0.717, 1.165) is 32.7 Å². The molecule has 135 heavy (non-hydrogen) atoms. The standard InChI is InChI=1S/C101H120N22O12/c102-41-19-15-30-73(106)91(124)117-84(45-59-52-107-74-31-8-1-23-66(59)74)94(127)114-81(38-16-20-42-103)93(126)119-87(48-62-55-110-77-34-11-4-26-69(62)77)97(130)121-89(50-64-57-112-79-36-13-6-28-71(64)79)99(132)123-90(51-65-58-113-80-37-14-7-29-72(65)80)100(133)122-88(49-63-56-111-78-35-12-5-27-70(63)78)98(131)120-85(46-60-53-108-75-32-9-2-24-67(60)75)95(128)115-82(39-17-21-43-104)92(125)118-86(47-61-54-109-76-33-10-3-25-68(61)76)96(129)116-83(101(134)135)40-18-22-44-105/h1-14,23-29,31-37,52-58,73,81-90,107-113H,15-22,30,38-51,102-106H2,(H,114,127)(H,115,128)(H,116,129)(H,117,124)(H,118,125)(H,119,126)(H,120,131)(H,121,130)(H,122,133)(H,123,132)(H,134,135)/t73-,81-,82-,83-,84-,85-,86-,87-,88-,89-,90-/m0/s1. The fraction of sp³-hybridized carbons (Fsp3) is 0.337. The lowest BCUT2D eigenvalue weighted by atomic mass is 9.99. The monoisotopic (exact) mass is 1830 g/mol. The van der Waals surface area contributed by atoms with Gasteiger partial charge in [-0.15, -0.1) is 0 Å². The van der Waals surface area contributed by atoms with Gasteiger partial charge in [-0.05, 0) is 178 Å². The Morgan fingerprint density at radius 3 is 0.585 bits per heavy atom. The number of hydrogen-bond acceptors (Lipinski definition) is 16. The average Bonchev–Trinajstić information content (AvgIpc) is 1.69. The second-order valence-corrected chi connectivity index (χ2v) is 34.6. The molecule has 0 aliphatic heterocycles. The number of unbranched alkanes of at least 4 members (excludes halogenated alkanes) is 4. The molecule has 14 rings (SSSR count). The molecule has 0 aliphatic carbocycles. The van der Waals surface area contributed by atoms with Gasteiger partial charge in [0.05, 0.1) is 6.04 Å². The molecule has 7 aromatic carbocycles. The highest BCUT2D eigenvalue weighted by atomic mass is 16.4. The third kappa shape index (κ3) is 24.8. The maximum Gasteiger partial charge on any atom is 0.326 e. The lowest BCUT2D eigenvalue weighted by Crippen LogP contribution is -2.61. The Morgan fingerprint density at radius 2 is 0.385 bits per heavy atom. The van der Waals surface area contributed by atoms with Crippen molar-refractivity contribution in [2.75, 3.05) is 26.2 Å². The number of aromatic amines is 7. The summed E-state index contributed by atoms with van der Waals surface area (Å²) in [5.41, 5.74) is 39.4. The number of carboxylic acid groups (broad SMARTS) is 1. The number of para-hydroxylation sites is 7. The smallest absolute Gasteiger partial charge is 0.326 e. The highest BCUT2D eigenvalue weighted by Crippen LogP contribution is 2.29. The number of nitrogens with two attached hydrogens (primary N) is 5. The van der Waals surface area contributed by atoms with Crippen molar-refractivity contribution < 1.29 is 57.8 Å². The fourth-order valence-corrected chi connectivity index (χ4v) is 17.8. The Kier molecular flexibility index (Phi) is 33.2. The van der Waals surface area contributed by atoms with Gasteiger partial charge in [0.1, 0.15) is 60.4 Å². The van der Waals surface area contributed by atoms with Gasteiger partial charge in [-0.1, -0.05) is 134 Å². The summed E-state index contributed by atoms with van der Waals surface area (Å²) in [6.07, 6.45) is 14.8. The third-order valence-corrected chi connectivity index (χ3v) is 25.2. The van der Waals surface area contributed by atoms with Gasteiger partial charge in [0.25, 0.3) is 0 Å². The van der Waals surface area contributed by atoms with E-state index in [-0.39, 0.29) is 77.3 Å². The van der Waals surface area contributed by atoms with Crippen LogP contribution >= 0.6 is 0 Å². The number of fused-ring (bicyclic) bond motifs is 7. The van der Waals surface area contributed by atoms with Crippen LogP contribution in [0.3, 0.4) is 0 Å². The Morgan fingerprint density at radius 1 is 0.222 bits per heavy atom. The van der Waals surface area contributed by atoms with E-state index in [0.29, 0.717) is 153 Å². The molecule has 34 nitrogen and oxygen atoms in total. The van der Waals surface area contributed by atoms with E-state index in [4.69, 9.17) is 28.7 Å². The quantitative estimate of drug-likeness (QED) is 0.0174. The molecule has 14 aromatic rings. The summed E-state index contributed by atoms with van der Waals surface area (Å²) in [5.74, 6) is -9.26. The maximum absolute atomic E-state index is 16.3. The van der Waals surface area contributed by atoms with Crippen molar-refractivity contribution in [2.24, 2.45) is 28.7 Å². The topological polar surface area (TPSA) is 569 Å². The van der Waals surface area contributed by atoms with E-state index >= 15 is 38.4 Å². The predicted molar refractivity (Wildman–Crippen MR) is 521 cm³/mol. The third-order valence-electron chi connectivity index (χ3n) is 25.2. The number of H-pyrrole nitrogens is 7. The summed E-state index contributed by atoms with van der Waals surface area (Å²) in [5, 5.41) is 44.8. The Balaban J connectivity index is 0.789. The number of nitrogens with one attached hydrogen (secondary N) is 17. The van der Waals surface area contributed by atoms with Gasteiger partial charge in [-0.3, -0.25) is 47.9 Å². The van der Waals surface area contributed by atoms with E-state index < -0.39 is 132 Å². The number of carbonyl (C=O) groups excluding carboxylic acids is 10. The van der Waals surface area contributed by atoms with Crippen LogP contribution < -0.4 is 81.8 Å². The maximum atomic E-state index is 16.3. The van der Waals surface area contributed by atoms with Gasteiger partial charge in [0, 0.05) is 165 Å². The molecular weight excluding hydrogens is 1710 g/mol. The second-order valence-electron chi connectivity index (χ2n) is 34.6. The molecule has 0 aliphatic rings. The molecule has 0 saturated carbocycles. The summed E-state index contributed by atoms with van der Waals surface area (Å²) in [6.45, 7) is 1.16. The first-order valence-corrected chi connectivity index (χ1v) is 46.3. The minimum absolute atomic E-state index is 0.0118. The summed E-state index contributed by atoms with van der Waals surface area (Å²) < 4.78 is 0. The number of carboxylic acids is 1. The van der Waals surface area contributed by atoms with Crippen LogP contribution in [0.5, 0.6) is 0 Å². The van der Waals surface area contributed by atoms with Crippen molar-refractivity contribution in [3.8, 4) is 0 Å². The van der Waals surface area contributed by atoms with Gasteiger partial charge in [-0.2, -0.15) is 0 Å². The molecule has 7 heterocycles. The van der Waals surface area contributed by atoms with Gasteiger partial charge in [0.2, 0.25) is 59.1 Å². The molecule has 10 amide bonds. The SMILES string of the molecule is NCCCC[C@H](NC(=O)[C@H](Cc1c[nH]c2ccccc12)NC(=O)[C@H](CCCCN)NC(=O)[C@H](Cc1c[nH]c2ccccc12)NC(=O)[C@H](Cc1c[nH]c2ccccc12)NC(=O)[C@H](Cc1c[nH]c2ccccc12)NC(=O)[C@H](Cc1c[nH]c2ccccc12)NC(=O)[C@H](Cc1c[nH]c2ccccc12)NC(=O)[C@H](CCCCN)NC(=O)[C@H](Cc1c[nH]c2ccccc12)NC(=O)[C@@H](N)CCCCN)C(=O)O. The number of amides is 10. The van der Waals surface area contributed by atoms with E-state index in [9.17, 15) is 19.5 Å². The first-order valence-electron chi connectivity index (χ1n) is 46.3. The van der Waals surface area contributed by atoms with Crippen molar-refractivity contribution in [2.45, 2.75) is 188 Å². The van der Waals surface area contributed by atoms with Crippen LogP contribution in [0.25, 0.3) is 76.3 Å². The second kappa shape index (κ2) is 46.6. The average molecular weight is 1830 g/mol. The minimum atomic E-state index is -1.58. The molecule has 706 valence electrons. The molecule has 0 bridgehead atoms. The number of aliphatic carboxylic acids is 1. The number of aromatic nitrogens is 7. The highest BCUT2D eigenvalue weighted by Gasteiger charge is 2.39. The number of benzene rings is 7. The van der Waals surface area contributed by atoms with Gasteiger partial charge >= 0.3 is 5.97 Å². The lowest BCUT2D eigenvalue weighted by Gasteiger charge is -2.29. The van der Waals surface area contributed by atoms with E-state index in [1.165, 1.54) is 0 Å². The number of carbonyl (C=O) groups is 11. The van der Waals surface area contributed by atoms with Crippen molar-refractivity contribution in [3.63, 3.8) is 0 Å². The zero-order valence-electron chi connectivity index (χ0n) is 75.1. The molecule has 28 N–H and O–H groups in total. The van der Waals surface area contributed by atoms with Crippen molar-refractivity contribution in [3.05, 3.63) is 252 Å². The summed E-state index contributed by atoms with van der Waals surface area (Å²) in [6, 6.07) is 36.2. The predicted octanol–water partition coefficient (Wildman–Crippen LogP) is 6.83. The molecule has 7 aromatic heterocycles. The number of hydrogen-bond donors (Lipinski definition) is 23. The molecule has 0 fully saturated rings. The first kappa shape index (κ1) is 96.3. The van der Waals surface area contributed by atoms with Crippen LogP contribution in [0.2, 0.25) is 0 Å². The van der Waals surface area contributed by atoms with Gasteiger partial charge < -0.3 is 122 Å². The Hall–Kier alpha value is -14.7. The van der Waals surface area contributed by atoms with E-state index in [1.54, 1.807) is 43.4 Å². The van der Waals surface area contributed by atoms with E-state index in [1.807, 2.05) is 170 Å². The van der Waals surface area contributed by atoms with Gasteiger partial charge in [-0.25, -0.2) is 4.79 Å². The van der Waals surface area contributed by atoms with Crippen molar-refractivity contribution in [1.29, 1.82) is 0 Å². The van der Waals surface area contributed by atoms with E-state index in [2.05, 4.69) is 88.1 Å². The molecule has 34 heteroatoms. The van der Waals surface area contributed by atoms with Crippen LogP contribution in [0, 0.1) is 0 Å². The van der Waals surface area contributed by atoms with Crippen LogP contribution in [0.15, 0.2) is 213 Å². The Bertz CT molecular complexity index is 6400. The van der Waals surface area contributed by atoms with Crippen LogP contribution in [0.1, 0.15) is 116 Å². The molecular formula is C101H120N22O12. The van der Waals surface area contributed by atoms with Gasteiger partial charge in [0.15, 0.2) is 0 Å². The normalized spacial score (nSPS) is 14.1.